The van der Waals surface area contributed by atoms with Gasteiger partial charge in [-0.25, -0.2) is 4.98 Å². The van der Waals surface area contributed by atoms with Crippen molar-refractivity contribution >= 4 is 44.2 Å². The van der Waals surface area contributed by atoms with E-state index >= 15 is 0 Å². The Morgan fingerprint density at radius 2 is 1.70 bits per heavy atom. The van der Waals surface area contributed by atoms with E-state index in [-0.39, 0.29) is 20.1 Å². The average Bonchev–Trinajstić information content (AvgIpc) is 3.54. The van der Waals surface area contributed by atoms with Crippen LogP contribution in [0.3, 0.4) is 0 Å². The van der Waals surface area contributed by atoms with Crippen molar-refractivity contribution in [2.45, 2.75) is 0 Å². The first-order valence-corrected chi connectivity index (χ1v) is 10.2. The first-order chi connectivity index (χ1) is 15.9. The van der Waals surface area contributed by atoms with Crippen LogP contribution >= 0.6 is 0 Å². The predicted octanol–water partition coefficient (Wildman–Crippen LogP) is 4.87. The Morgan fingerprint density at radius 3 is 2.55 bits per heavy atom. The number of nitrogens with zero attached hydrogens (tertiary/aromatic N) is 5. The summed E-state index contributed by atoms with van der Waals surface area (Å²) in [5, 5.41) is 5.04. The normalized spacial score (nSPS) is 12.5. The molecule has 5 heterocycles. The quantitative estimate of drug-likeness (QED) is 0.214. The summed E-state index contributed by atoms with van der Waals surface area (Å²) < 4.78 is 2.09. The molecule has 0 unspecified atom stereocenters. The Kier molecular flexibility index (Phi) is 5.73. The van der Waals surface area contributed by atoms with Gasteiger partial charge in [-0.2, -0.15) is 37.0 Å². The van der Waals surface area contributed by atoms with E-state index in [4.69, 9.17) is 0 Å². The topological polar surface area (TPSA) is 58.4 Å². The molecule has 0 aliphatic carbocycles. The van der Waals surface area contributed by atoms with Crippen molar-refractivity contribution in [3.63, 3.8) is 0 Å². The maximum absolute atomic E-state index is 4.53. The van der Waals surface area contributed by atoms with Gasteiger partial charge >= 0.3 is 20.1 Å². The average molecular weight is 606 g/mol. The van der Waals surface area contributed by atoms with Crippen molar-refractivity contribution in [2.75, 3.05) is 4.90 Å². The molecule has 0 bridgehead atoms. The second-order valence-electron chi connectivity index (χ2n) is 7.22. The van der Waals surface area contributed by atoms with Gasteiger partial charge in [0, 0.05) is 24.1 Å². The van der Waals surface area contributed by atoms with Gasteiger partial charge in [0.25, 0.3) is 0 Å². The van der Waals surface area contributed by atoms with E-state index in [9.17, 15) is 0 Å². The number of anilines is 1. The molecule has 4 aromatic heterocycles. The minimum atomic E-state index is 0. The van der Waals surface area contributed by atoms with Crippen molar-refractivity contribution in [3.8, 4) is 0 Å². The van der Waals surface area contributed by atoms with Gasteiger partial charge in [-0.05, 0) is 34.9 Å². The van der Waals surface area contributed by atoms with Crippen LogP contribution in [0.25, 0.3) is 38.5 Å². The maximum atomic E-state index is 4.53. The molecule has 160 valence electrons. The number of para-hydroxylation sites is 2. The van der Waals surface area contributed by atoms with Crippen molar-refractivity contribution in [1.82, 2.24) is 24.7 Å². The Labute approximate surface area is 204 Å². The van der Waals surface area contributed by atoms with E-state index in [0.717, 1.165) is 44.2 Å². The Balaban J connectivity index is 0.000000162. The summed E-state index contributed by atoms with van der Waals surface area (Å²) in [4.78, 5) is 15.6. The molecule has 1 aliphatic heterocycles. The zero-order valence-corrected chi connectivity index (χ0v) is 19.7. The van der Waals surface area contributed by atoms with Crippen molar-refractivity contribution < 1.29 is 20.1 Å². The number of rotatable bonds is 1. The van der Waals surface area contributed by atoms with E-state index < -0.39 is 0 Å². The number of nitrogens with one attached hydrogen (secondary N) is 1. The number of aromatic nitrogens is 4. The predicted molar refractivity (Wildman–Crippen MR) is 126 cm³/mol. The van der Waals surface area contributed by atoms with E-state index in [1.54, 1.807) is 18.6 Å². The SMILES string of the molecule is [Ir+3].[c-]1c2ccccc2n2c1c1ncccc1c1nccnc12.[c-]1ccccc1N1C=CN[CH-]1. The first kappa shape index (κ1) is 21.1. The molecule has 2 aromatic carbocycles. The van der Waals surface area contributed by atoms with Crippen LogP contribution in [0, 0.1) is 18.8 Å². The van der Waals surface area contributed by atoms with E-state index in [1.807, 2.05) is 72.5 Å². The molecule has 0 amide bonds. The van der Waals surface area contributed by atoms with Crippen LogP contribution in [0.15, 0.2) is 91.7 Å². The fraction of sp³-hybridized carbons (Fsp3) is 0. The zero-order valence-electron chi connectivity index (χ0n) is 17.3. The monoisotopic (exact) mass is 606 g/mol. The third-order valence-electron chi connectivity index (χ3n) is 5.32. The molecule has 0 saturated heterocycles. The van der Waals surface area contributed by atoms with Gasteiger partial charge in [0.2, 0.25) is 0 Å². The summed E-state index contributed by atoms with van der Waals surface area (Å²) >= 11 is 0. The van der Waals surface area contributed by atoms with Crippen molar-refractivity contribution in [1.29, 1.82) is 0 Å². The molecule has 6 nitrogen and oxygen atoms in total. The Morgan fingerprint density at radius 1 is 0.848 bits per heavy atom. The van der Waals surface area contributed by atoms with Gasteiger partial charge in [0.1, 0.15) is 5.52 Å². The minimum absolute atomic E-state index is 0. The van der Waals surface area contributed by atoms with Gasteiger partial charge in [0.05, 0.1) is 0 Å². The number of benzene rings is 2. The van der Waals surface area contributed by atoms with Crippen LogP contribution in [-0.4, -0.2) is 19.4 Å². The summed E-state index contributed by atoms with van der Waals surface area (Å²) in [6, 6.07) is 26.5. The number of fused-ring (bicyclic) bond motifs is 8. The molecule has 7 heteroatoms. The third-order valence-corrected chi connectivity index (χ3v) is 5.32. The van der Waals surface area contributed by atoms with Crippen molar-refractivity contribution in [3.05, 3.63) is 110 Å². The zero-order chi connectivity index (χ0) is 21.3. The Hall–Kier alpha value is -3.80. The fourth-order valence-corrected chi connectivity index (χ4v) is 3.92. The van der Waals surface area contributed by atoms with Crippen LogP contribution in [0.1, 0.15) is 0 Å². The molecule has 7 rings (SSSR count). The number of hydrogen-bond acceptors (Lipinski definition) is 5. The molecule has 0 atom stereocenters. The van der Waals surface area contributed by atoms with Crippen molar-refractivity contribution in [2.24, 2.45) is 0 Å². The van der Waals surface area contributed by atoms with E-state index in [0.29, 0.717) is 0 Å². The standard InChI is InChI=1S/C17H9N4.C9H8N2.Ir/c1-2-6-13-11(4-1)10-14-15-12(5-3-7-18-15)16-17(21(13)14)20-9-8-19-16;1-2-4-9(5-3-1)11-7-6-10-8-11;/h1-9H;1-4,6-8,10H;/q-1;-2;+3. The van der Waals surface area contributed by atoms with Gasteiger partial charge in [-0.1, -0.05) is 18.2 Å². The van der Waals surface area contributed by atoms with Gasteiger partial charge in [-0.15, -0.1) is 29.3 Å². The second-order valence-corrected chi connectivity index (χ2v) is 7.22. The van der Waals surface area contributed by atoms with E-state index in [1.165, 1.54) is 0 Å². The largest absolute Gasteiger partial charge is 3.00 e. The first-order valence-electron chi connectivity index (χ1n) is 10.2. The molecule has 6 aromatic rings. The van der Waals surface area contributed by atoms with E-state index in [2.05, 4.69) is 48.9 Å². The molecule has 0 fully saturated rings. The molecule has 0 spiro atoms. The Bertz CT molecular complexity index is 1590. The molecular weight excluding hydrogens is 589 g/mol. The summed E-state index contributed by atoms with van der Waals surface area (Å²) in [5.41, 5.74) is 5.68. The molecule has 1 aliphatic rings. The second kappa shape index (κ2) is 8.98. The molecule has 0 radical (unpaired) electrons. The molecule has 1 N–H and O–H groups in total. The van der Waals surface area contributed by atoms with Gasteiger partial charge in [0.15, 0.2) is 5.65 Å². The maximum Gasteiger partial charge on any atom is 3.00 e. The number of hydrogen-bond donors (Lipinski definition) is 1. The summed E-state index contributed by atoms with van der Waals surface area (Å²) in [5.74, 6) is 0. The summed E-state index contributed by atoms with van der Waals surface area (Å²) in [7, 11) is 0. The smallest absolute Gasteiger partial charge is 0.521 e. The molecular formula is C26H17IrN6. The van der Waals surface area contributed by atoms with Gasteiger partial charge < -0.3 is 19.6 Å². The summed E-state index contributed by atoms with van der Waals surface area (Å²) in [6.45, 7) is 1.88. The fourth-order valence-electron chi connectivity index (χ4n) is 3.92. The third kappa shape index (κ3) is 3.71. The molecule has 0 saturated carbocycles. The minimum Gasteiger partial charge on any atom is -0.521 e. The number of pyridine rings is 2. The summed E-state index contributed by atoms with van der Waals surface area (Å²) in [6.07, 6.45) is 9.07. The molecule has 33 heavy (non-hydrogen) atoms. The van der Waals surface area contributed by atoms with Crippen LogP contribution in [-0.2, 0) is 20.1 Å². The van der Waals surface area contributed by atoms with Crippen LogP contribution in [0.2, 0.25) is 0 Å². The van der Waals surface area contributed by atoms with Crippen LogP contribution < -0.4 is 10.2 Å². The van der Waals surface area contributed by atoms with Crippen LogP contribution in [0.5, 0.6) is 0 Å². The van der Waals surface area contributed by atoms with Crippen LogP contribution in [0.4, 0.5) is 5.69 Å². The van der Waals surface area contributed by atoms with Gasteiger partial charge in [-0.3, -0.25) is 4.98 Å².